The molecule has 8 heteroatoms. The molecule has 1 N–H and O–H groups in total. The molecule has 0 bridgehead atoms. The molecule has 130 valence electrons. The van der Waals surface area contributed by atoms with Crippen LogP contribution in [0, 0.1) is 0 Å². The lowest BCUT2D eigenvalue weighted by Gasteiger charge is -2.36. The van der Waals surface area contributed by atoms with Crippen LogP contribution in [-0.2, 0) is 6.18 Å². The van der Waals surface area contributed by atoms with Crippen LogP contribution in [0.5, 0.6) is 0 Å². The normalized spacial score (nSPS) is 19.5. The molecule has 1 aromatic carbocycles. The fourth-order valence-corrected chi connectivity index (χ4v) is 3.20. The number of hydrogen-bond donors (Lipinski definition) is 1. The van der Waals surface area contributed by atoms with E-state index >= 15 is 0 Å². The highest BCUT2D eigenvalue weighted by molar-refractivity contribution is 5.94. The lowest BCUT2D eigenvalue weighted by Crippen LogP contribution is -2.47. The first-order valence-corrected chi connectivity index (χ1v) is 7.87. The van der Waals surface area contributed by atoms with E-state index in [1.807, 2.05) is 0 Å². The van der Waals surface area contributed by atoms with Gasteiger partial charge in [0.2, 0.25) is 0 Å². The molecule has 3 rings (SSSR count). The third-order valence-electron chi connectivity index (χ3n) is 4.54. The minimum absolute atomic E-state index is 0.0671. The molecule has 2 fully saturated rings. The molecule has 3 amide bonds. The van der Waals surface area contributed by atoms with Crippen LogP contribution in [0.2, 0.25) is 0 Å². The summed E-state index contributed by atoms with van der Waals surface area (Å²) in [5.74, 6) is -0.270. The number of hydrogen-bond acceptors (Lipinski definition) is 2. The fraction of sp³-hybridized carbons (Fsp3) is 0.500. The Kier molecular flexibility index (Phi) is 4.38. The summed E-state index contributed by atoms with van der Waals surface area (Å²) in [5, 5.41) is 2.76. The molecule has 1 aromatic rings. The van der Waals surface area contributed by atoms with E-state index in [1.165, 1.54) is 12.1 Å². The van der Waals surface area contributed by atoms with Gasteiger partial charge in [0, 0.05) is 37.8 Å². The van der Waals surface area contributed by atoms with Crippen LogP contribution in [0.1, 0.15) is 28.8 Å². The number of likely N-dealkylation sites (tertiary alicyclic amines) is 1. The predicted octanol–water partition coefficient (Wildman–Crippen LogP) is 2.34. The molecule has 0 atom stereocenters. The second-order valence-electron chi connectivity index (χ2n) is 6.02. The van der Waals surface area contributed by atoms with Gasteiger partial charge in [-0.15, -0.1) is 0 Å². The quantitative estimate of drug-likeness (QED) is 0.898. The van der Waals surface area contributed by atoms with Crippen molar-refractivity contribution in [1.82, 2.24) is 15.1 Å². The van der Waals surface area contributed by atoms with Crippen molar-refractivity contribution in [3.8, 4) is 0 Å². The van der Waals surface area contributed by atoms with Crippen molar-refractivity contribution >= 4 is 11.9 Å². The zero-order valence-corrected chi connectivity index (χ0v) is 13.0. The number of nitrogens with one attached hydrogen (secondary N) is 1. The number of piperidine rings is 1. The zero-order valence-electron chi connectivity index (χ0n) is 13.0. The Morgan fingerprint density at radius 1 is 1.08 bits per heavy atom. The lowest BCUT2D eigenvalue weighted by atomic mass is 10.0. The number of alkyl halides is 3. The first-order chi connectivity index (χ1) is 11.4. The standard InChI is InChI=1S/C16H18F3N3O2/c17-16(18,19)12-3-1-11(2-4-12)14(23)21-8-5-13(6-9-21)22-10-7-20-15(22)24/h1-4,13H,5-10H2,(H,20,24). The minimum atomic E-state index is -4.41. The molecule has 2 saturated heterocycles. The van der Waals surface area contributed by atoms with E-state index in [1.54, 1.807) is 9.80 Å². The Labute approximate surface area is 137 Å². The fourth-order valence-electron chi connectivity index (χ4n) is 3.20. The second kappa shape index (κ2) is 6.33. The number of rotatable bonds is 2. The van der Waals surface area contributed by atoms with E-state index in [2.05, 4.69) is 5.32 Å². The summed E-state index contributed by atoms with van der Waals surface area (Å²) in [6.07, 6.45) is -3.05. The van der Waals surface area contributed by atoms with Crippen molar-refractivity contribution in [1.29, 1.82) is 0 Å². The van der Waals surface area contributed by atoms with Crippen molar-refractivity contribution in [2.45, 2.75) is 25.1 Å². The number of carbonyl (C=O) groups excluding carboxylic acids is 2. The predicted molar refractivity (Wildman–Crippen MR) is 80.5 cm³/mol. The van der Waals surface area contributed by atoms with Gasteiger partial charge in [-0.3, -0.25) is 4.79 Å². The summed E-state index contributed by atoms with van der Waals surface area (Å²) in [4.78, 5) is 27.5. The summed E-state index contributed by atoms with van der Waals surface area (Å²) in [5.41, 5.74) is -0.516. The average molecular weight is 341 g/mol. The number of amides is 3. The van der Waals surface area contributed by atoms with Crippen LogP contribution in [0.25, 0.3) is 0 Å². The first kappa shape index (κ1) is 16.6. The van der Waals surface area contributed by atoms with E-state index < -0.39 is 11.7 Å². The molecule has 5 nitrogen and oxygen atoms in total. The van der Waals surface area contributed by atoms with Gasteiger partial charge in [-0.25, -0.2) is 4.79 Å². The summed E-state index contributed by atoms with van der Waals surface area (Å²) >= 11 is 0. The van der Waals surface area contributed by atoms with Gasteiger partial charge in [-0.2, -0.15) is 13.2 Å². The highest BCUT2D eigenvalue weighted by atomic mass is 19.4. The Balaban J connectivity index is 1.60. The Hall–Kier alpha value is -2.25. The van der Waals surface area contributed by atoms with E-state index in [0.29, 0.717) is 39.0 Å². The van der Waals surface area contributed by atoms with Crippen molar-refractivity contribution in [2.24, 2.45) is 0 Å². The minimum Gasteiger partial charge on any atom is -0.338 e. The van der Waals surface area contributed by atoms with E-state index in [4.69, 9.17) is 0 Å². The van der Waals surface area contributed by atoms with Gasteiger partial charge in [-0.05, 0) is 37.1 Å². The van der Waals surface area contributed by atoms with Crippen LogP contribution < -0.4 is 5.32 Å². The van der Waals surface area contributed by atoms with Crippen LogP contribution in [0.3, 0.4) is 0 Å². The van der Waals surface area contributed by atoms with E-state index in [0.717, 1.165) is 12.1 Å². The van der Waals surface area contributed by atoms with Crippen molar-refractivity contribution in [3.63, 3.8) is 0 Å². The lowest BCUT2D eigenvalue weighted by molar-refractivity contribution is -0.137. The monoisotopic (exact) mass is 341 g/mol. The maximum Gasteiger partial charge on any atom is 0.416 e. The largest absolute Gasteiger partial charge is 0.416 e. The van der Waals surface area contributed by atoms with Crippen molar-refractivity contribution in [2.75, 3.05) is 26.2 Å². The van der Waals surface area contributed by atoms with Gasteiger partial charge in [0.1, 0.15) is 0 Å². The van der Waals surface area contributed by atoms with Gasteiger partial charge in [0.25, 0.3) is 5.91 Å². The smallest absolute Gasteiger partial charge is 0.338 e. The van der Waals surface area contributed by atoms with Crippen LogP contribution in [0.15, 0.2) is 24.3 Å². The number of nitrogens with zero attached hydrogens (tertiary/aromatic N) is 2. The zero-order chi connectivity index (χ0) is 17.3. The Morgan fingerprint density at radius 2 is 1.71 bits per heavy atom. The molecule has 0 unspecified atom stereocenters. The third kappa shape index (κ3) is 3.32. The Morgan fingerprint density at radius 3 is 2.21 bits per heavy atom. The number of urea groups is 1. The molecular weight excluding hydrogens is 323 g/mol. The van der Waals surface area contributed by atoms with E-state index in [-0.39, 0.29) is 23.5 Å². The molecule has 0 radical (unpaired) electrons. The highest BCUT2D eigenvalue weighted by Gasteiger charge is 2.33. The van der Waals surface area contributed by atoms with Gasteiger partial charge < -0.3 is 15.1 Å². The summed E-state index contributed by atoms with van der Waals surface area (Å²) in [6.45, 7) is 2.31. The first-order valence-electron chi connectivity index (χ1n) is 7.87. The number of halogens is 3. The van der Waals surface area contributed by atoms with E-state index in [9.17, 15) is 22.8 Å². The van der Waals surface area contributed by atoms with Gasteiger partial charge >= 0.3 is 12.2 Å². The molecule has 0 saturated carbocycles. The summed E-state index contributed by atoms with van der Waals surface area (Å²) in [7, 11) is 0. The summed E-state index contributed by atoms with van der Waals surface area (Å²) in [6, 6.07) is 4.33. The van der Waals surface area contributed by atoms with Crippen LogP contribution >= 0.6 is 0 Å². The number of benzene rings is 1. The molecule has 2 aliphatic heterocycles. The summed E-state index contributed by atoms with van der Waals surface area (Å²) < 4.78 is 37.7. The average Bonchev–Trinajstić information content (AvgIpc) is 3.00. The Bertz CT molecular complexity index is 622. The second-order valence-corrected chi connectivity index (χ2v) is 6.02. The van der Waals surface area contributed by atoms with Crippen molar-refractivity contribution in [3.05, 3.63) is 35.4 Å². The maximum absolute atomic E-state index is 12.6. The molecule has 24 heavy (non-hydrogen) atoms. The molecule has 2 aliphatic rings. The molecule has 0 spiro atoms. The molecule has 2 heterocycles. The molecule has 0 aromatic heterocycles. The SMILES string of the molecule is O=C(c1ccc(C(F)(F)F)cc1)N1CCC(N2CCNC2=O)CC1. The molecule has 0 aliphatic carbocycles. The highest BCUT2D eigenvalue weighted by Crippen LogP contribution is 2.29. The van der Waals surface area contributed by atoms with Crippen LogP contribution in [-0.4, -0.2) is 54.0 Å². The van der Waals surface area contributed by atoms with Gasteiger partial charge in [0.05, 0.1) is 5.56 Å². The maximum atomic E-state index is 12.6. The third-order valence-corrected chi connectivity index (χ3v) is 4.54. The number of carbonyl (C=O) groups is 2. The molecular formula is C16H18F3N3O2. The van der Waals surface area contributed by atoms with Gasteiger partial charge in [0.15, 0.2) is 0 Å². The van der Waals surface area contributed by atoms with Crippen molar-refractivity contribution < 1.29 is 22.8 Å². The topological polar surface area (TPSA) is 52.7 Å². The van der Waals surface area contributed by atoms with Crippen LogP contribution in [0.4, 0.5) is 18.0 Å². The van der Waals surface area contributed by atoms with Gasteiger partial charge in [-0.1, -0.05) is 0 Å².